The number of anilines is 1. The van der Waals surface area contributed by atoms with E-state index in [1.165, 1.54) is 5.56 Å². The van der Waals surface area contributed by atoms with Gasteiger partial charge in [0.1, 0.15) is 12.4 Å². The van der Waals surface area contributed by atoms with Crippen molar-refractivity contribution in [2.45, 2.75) is 33.9 Å². The highest BCUT2D eigenvalue weighted by Crippen LogP contribution is 2.22. The Balaban J connectivity index is 1.90. The summed E-state index contributed by atoms with van der Waals surface area (Å²) in [7, 11) is 4.01. The van der Waals surface area contributed by atoms with Crippen LogP contribution >= 0.6 is 0 Å². The largest absolute Gasteiger partial charge is 0.324 e. The molecule has 1 N–H and O–H groups in total. The Morgan fingerprint density at radius 2 is 1.77 bits per heavy atom. The van der Waals surface area contributed by atoms with Gasteiger partial charge < -0.3 is 14.8 Å². The van der Waals surface area contributed by atoms with Crippen LogP contribution in [0.1, 0.15) is 22.5 Å². The fourth-order valence-electron chi connectivity index (χ4n) is 3.41. The Kier molecular flexibility index (Phi) is 5.09. The third-order valence-electron chi connectivity index (χ3n) is 4.43. The number of amides is 1. The summed E-state index contributed by atoms with van der Waals surface area (Å²) in [5.74, 6) is 0.854. The minimum Gasteiger partial charge on any atom is -0.324 e. The quantitative estimate of drug-likeness (QED) is 0.764. The van der Waals surface area contributed by atoms with Crippen LogP contribution in [0.2, 0.25) is 0 Å². The van der Waals surface area contributed by atoms with Crippen molar-refractivity contribution in [3.05, 3.63) is 58.9 Å². The van der Waals surface area contributed by atoms with Gasteiger partial charge in [-0.05, 0) is 58.1 Å². The van der Waals surface area contributed by atoms with Gasteiger partial charge in [0.2, 0.25) is 5.91 Å². The van der Waals surface area contributed by atoms with Crippen LogP contribution in [-0.2, 0) is 17.9 Å². The van der Waals surface area contributed by atoms with Crippen LogP contribution in [0.4, 0.5) is 5.69 Å². The first-order valence-corrected chi connectivity index (χ1v) is 8.81. The lowest BCUT2D eigenvalue weighted by Gasteiger charge is -2.15. The van der Waals surface area contributed by atoms with Crippen molar-refractivity contribution in [1.29, 1.82) is 0 Å². The van der Waals surface area contributed by atoms with Crippen LogP contribution in [0.3, 0.4) is 0 Å². The second-order valence-corrected chi connectivity index (χ2v) is 7.16. The van der Waals surface area contributed by atoms with Crippen LogP contribution in [0.25, 0.3) is 11.0 Å². The van der Waals surface area contributed by atoms with E-state index in [9.17, 15) is 4.79 Å². The predicted molar refractivity (Wildman–Crippen MR) is 106 cm³/mol. The van der Waals surface area contributed by atoms with Gasteiger partial charge in [-0.2, -0.15) is 0 Å². The highest BCUT2D eigenvalue weighted by molar-refractivity contribution is 5.93. The molecule has 5 nitrogen and oxygen atoms in total. The van der Waals surface area contributed by atoms with E-state index in [2.05, 4.69) is 29.3 Å². The van der Waals surface area contributed by atoms with Crippen LogP contribution in [-0.4, -0.2) is 34.5 Å². The molecule has 26 heavy (non-hydrogen) atoms. The number of rotatable bonds is 5. The number of hydrogen-bond donors (Lipinski definition) is 1. The van der Waals surface area contributed by atoms with E-state index in [1.54, 1.807) is 0 Å². The summed E-state index contributed by atoms with van der Waals surface area (Å²) in [6.45, 7) is 7.05. The Labute approximate surface area is 154 Å². The fraction of sp³-hybridized carbons (Fsp3) is 0.333. The second-order valence-electron chi connectivity index (χ2n) is 7.16. The summed E-state index contributed by atoms with van der Waals surface area (Å²) in [4.78, 5) is 19.5. The first-order valence-electron chi connectivity index (χ1n) is 8.81. The molecule has 0 bridgehead atoms. The lowest BCUT2D eigenvalue weighted by molar-refractivity contribution is -0.116. The zero-order valence-corrected chi connectivity index (χ0v) is 16.1. The Bertz CT molecular complexity index is 933. The minimum atomic E-state index is -0.0387. The van der Waals surface area contributed by atoms with Crippen molar-refractivity contribution in [2.75, 3.05) is 19.4 Å². The number of para-hydroxylation sites is 2. The summed E-state index contributed by atoms with van der Waals surface area (Å²) in [5.41, 5.74) is 6.17. The minimum absolute atomic E-state index is 0.0387. The molecule has 1 amide bonds. The van der Waals surface area contributed by atoms with Crippen molar-refractivity contribution in [2.24, 2.45) is 0 Å². The molecule has 5 heteroatoms. The van der Waals surface area contributed by atoms with Gasteiger partial charge in [0.15, 0.2) is 0 Å². The monoisotopic (exact) mass is 350 g/mol. The molecule has 0 spiro atoms. The predicted octanol–water partition coefficient (Wildman–Crippen LogP) is 3.66. The van der Waals surface area contributed by atoms with Gasteiger partial charge in [-0.3, -0.25) is 4.79 Å². The van der Waals surface area contributed by atoms with Crippen molar-refractivity contribution >= 4 is 22.6 Å². The molecule has 0 radical (unpaired) electrons. The number of benzene rings is 2. The van der Waals surface area contributed by atoms with E-state index in [4.69, 9.17) is 4.98 Å². The topological polar surface area (TPSA) is 50.2 Å². The van der Waals surface area contributed by atoms with Gasteiger partial charge in [-0.15, -0.1) is 0 Å². The molecule has 0 unspecified atom stereocenters. The van der Waals surface area contributed by atoms with E-state index in [1.807, 2.05) is 56.8 Å². The van der Waals surface area contributed by atoms with Gasteiger partial charge in [0.25, 0.3) is 0 Å². The normalized spacial score (nSPS) is 11.3. The SMILES string of the molecule is Cc1cc(C)c(NC(=O)Cn2c(CN(C)C)nc3ccccc32)c(C)c1. The smallest absolute Gasteiger partial charge is 0.244 e. The molecule has 0 atom stereocenters. The lowest BCUT2D eigenvalue weighted by Crippen LogP contribution is -2.23. The number of aromatic nitrogens is 2. The molecule has 3 aromatic rings. The van der Waals surface area contributed by atoms with E-state index in [0.717, 1.165) is 33.7 Å². The zero-order valence-electron chi connectivity index (χ0n) is 16.1. The van der Waals surface area contributed by atoms with Gasteiger partial charge in [0, 0.05) is 5.69 Å². The molecule has 0 saturated heterocycles. The zero-order chi connectivity index (χ0) is 18.8. The molecule has 1 heterocycles. The lowest BCUT2D eigenvalue weighted by atomic mass is 10.1. The molecule has 1 aromatic heterocycles. The van der Waals surface area contributed by atoms with Gasteiger partial charge in [-0.25, -0.2) is 4.98 Å². The maximum atomic E-state index is 12.8. The highest BCUT2D eigenvalue weighted by atomic mass is 16.1. The third kappa shape index (κ3) is 3.78. The second kappa shape index (κ2) is 7.30. The standard InChI is InChI=1S/C21H26N4O/c1-14-10-15(2)21(16(3)11-14)23-20(26)13-25-18-9-7-6-8-17(18)22-19(25)12-24(4)5/h6-11H,12-13H2,1-5H3,(H,23,26). The Morgan fingerprint density at radius 3 is 2.42 bits per heavy atom. The highest BCUT2D eigenvalue weighted by Gasteiger charge is 2.15. The van der Waals surface area contributed by atoms with Crippen molar-refractivity contribution in [3.8, 4) is 0 Å². The van der Waals surface area contributed by atoms with Crippen LogP contribution in [0.15, 0.2) is 36.4 Å². The van der Waals surface area contributed by atoms with Crippen LogP contribution in [0, 0.1) is 20.8 Å². The van der Waals surface area contributed by atoms with Crippen molar-refractivity contribution in [3.63, 3.8) is 0 Å². The number of nitrogens with one attached hydrogen (secondary N) is 1. The molecular weight excluding hydrogens is 324 g/mol. The summed E-state index contributed by atoms with van der Waals surface area (Å²) >= 11 is 0. The van der Waals surface area contributed by atoms with E-state index in [-0.39, 0.29) is 12.5 Å². The molecule has 136 valence electrons. The van der Waals surface area contributed by atoms with Gasteiger partial charge in [-0.1, -0.05) is 29.8 Å². The van der Waals surface area contributed by atoms with Crippen molar-refractivity contribution in [1.82, 2.24) is 14.5 Å². The van der Waals surface area contributed by atoms with Gasteiger partial charge in [0.05, 0.1) is 17.6 Å². The number of carbonyl (C=O) groups is 1. The number of nitrogens with zero attached hydrogens (tertiary/aromatic N) is 3. The average molecular weight is 350 g/mol. The Hall–Kier alpha value is -2.66. The molecule has 3 rings (SSSR count). The van der Waals surface area contributed by atoms with Crippen LogP contribution < -0.4 is 5.32 Å². The summed E-state index contributed by atoms with van der Waals surface area (Å²) in [6.07, 6.45) is 0. The molecule has 0 fully saturated rings. The maximum absolute atomic E-state index is 12.8. The number of aryl methyl sites for hydroxylation is 3. The molecule has 0 saturated carbocycles. The number of hydrogen-bond acceptors (Lipinski definition) is 3. The first kappa shape index (κ1) is 18.1. The average Bonchev–Trinajstić information content (AvgIpc) is 2.88. The molecule has 0 aliphatic rings. The summed E-state index contributed by atoms with van der Waals surface area (Å²) < 4.78 is 2.00. The summed E-state index contributed by atoms with van der Waals surface area (Å²) in [5, 5.41) is 3.09. The van der Waals surface area contributed by atoms with E-state index < -0.39 is 0 Å². The van der Waals surface area contributed by atoms with Crippen molar-refractivity contribution < 1.29 is 4.79 Å². The summed E-state index contributed by atoms with van der Waals surface area (Å²) in [6, 6.07) is 12.1. The molecule has 0 aliphatic heterocycles. The van der Waals surface area contributed by atoms with Crippen LogP contribution in [0.5, 0.6) is 0 Å². The first-order chi connectivity index (χ1) is 12.3. The number of carbonyl (C=O) groups excluding carboxylic acids is 1. The Morgan fingerprint density at radius 1 is 1.12 bits per heavy atom. The molecule has 0 aliphatic carbocycles. The maximum Gasteiger partial charge on any atom is 0.244 e. The van der Waals surface area contributed by atoms with E-state index >= 15 is 0 Å². The number of imidazole rings is 1. The third-order valence-corrected chi connectivity index (χ3v) is 4.43. The molecular formula is C21H26N4O. The number of fused-ring (bicyclic) bond motifs is 1. The van der Waals surface area contributed by atoms with E-state index in [0.29, 0.717) is 6.54 Å². The fourth-order valence-corrected chi connectivity index (χ4v) is 3.41. The molecule has 2 aromatic carbocycles. The van der Waals surface area contributed by atoms with Gasteiger partial charge >= 0.3 is 0 Å².